The molecular weight excluding hydrogens is 1400 g/mol. The molecule has 6 aliphatic rings. The highest BCUT2D eigenvalue weighted by Crippen LogP contribution is 2.63. The molecule has 456 valence electrons. The molecule has 0 heterocycles. The number of halogens is 4. The third-order valence-corrected chi connectivity index (χ3v) is 22.8. The van der Waals surface area contributed by atoms with E-state index in [4.69, 9.17) is 14.2 Å². The molecule has 3 nitrogen and oxygen atoms in total. The fraction of sp³-hybridized carbons (Fsp3) is 0.163. The Hall–Kier alpha value is -7.56. The van der Waals surface area contributed by atoms with Crippen LogP contribution in [0.15, 0.2) is 285 Å². The fourth-order valence-corrected chi connectivity index (χ4v) is 18.1. The molecule has 6 aliphatic carbocycles. The molecule has 0 aromatic heterocycles. The second-order valence-corrected chi connectivity index (χ2v) is 28.8. The summed E-state index contributed by atoms with van der Waals surface area (Å²) in [7, 11) is 0. The normalized spacial score (nSPS) is 15.7. The highest BCUT2D eigenvalue weighted by Gasteiger charge is 2.55. The summed E-state index contributed by atoms with van der Waals surface area (Å²) in [5.74, 6) is 0. The van der Waals surface area contributed by atoms with Crippen molar-refractivity contribution < 1.29 is 14.2 Å². The van der Waals surface area contributed by atoms with E-state index in [1.54, 1.807) is 0 Å². The second-order valence-electron chi connectivity index (χ2n) is 25.1. The van der Waals surface area contributed by atoms with Gasteiger partial charge in [-0.2, -0.15) is 0 Å². The summed E-state index contributed by atoms with van der Waals surface area (Å²) >= 11 is 15.0. The van der Waals surface area contributed by atoms with Crippen LogP contribution < -0.4 is 0 Å². The molecule has 18 rings (SSSR count). The van der Waals surface area contributed by atoms with Crippen LogP contribution in [0.25, 0.3) is 66.8 Å². The van der Waals surface area contributed by atoms with Gasteiger partial charge >= 0.3 is 0 Å². The Morgan fingerprint density at radius 1 is 0.237 bits per heavy atom. The zero-order chi connectivity index (χ0) is 63.4. The molecule has 0 N–H and O–H groups in total. The predicted molar refractivity (Wildman–Crippen MR) is 393 cm³/mol. The average Bonchev–Trinajstić information content (AvgIpc) is 1.55. The van der Waals surface area contributed by atoms with Crippen LogP contribution in [0.3, 0.4) is 0 Å². The number of hydrogen-bond donors (Lipinski definition) is 0. The van der Waals surface area contributed by atoms with Gasteiger partial charge in [0, 0.05) is 17.9 Å². The van der Waals surface area contributed by atoms with E-state index in [-0.39, 0.29) is 12.2 Å². The summed E-state index contributed by atoms with van der Waals surface area (Å²) in [6.45, 7) is 9.00. The lowest BCUT2D eigenvalue weighted by molar-refractivity contribution is -0.126. The first kappa shape index (κ1) is 60.4. The van der Waals surface area contributed by atoms with Crippen LogP contribution in [0.5, 0.6) is 0 Å². The lowest BCUT2D eigenvalue weighted by Gasteiger charge is -2.42. The van der Waals surface area contributed by atoms with Crippen molar-refractivity contribution in [2.45, 2.75) is 88.0 Å². The summed E-state index contributed by atoms with van der Waals surface area (Å²) in [6.07, 6.45) is 3.31. The van der Waals surface area contributed by atoms with E-state index >= 15 is 0 Å². The molecule has 0 saturated heterocycles. The van der Waals surface area contributed by atoms with Crippen LogP contribution in [-0.2, 0) is 36.6 Å². The van der Waals surface area contributed by atoms with Gasteiger partial charge in [-0.1, -0.05) is 310 Å². The Labute approximate surface area is 579 Å². The van der Waals surface area contributed by atoms with Gasteiger partial charge in [-0.15, -0.1) is 0 Å². The van der Waals surface area contributed by atoms with Crippen LogP contribution in [0.1, 0.15) is 132 Å². The smallest absolute Gasteiger partial charge is 0.121 e. The number of benzene rings is 12. The van der Waals surface area contributed by atoms with Crippen LogP contribution >= 0.6 is 63.7 Å². The van der Waals surface area contributed by atoms with E-state index in [9.17, 15) is 0 Å². The Bertz CT molecular complexity index is 4370. The number of rotatable bonds is 10. The maximum atomic E-state index is 7.69. The molecule has 12 aromatic rings. The molecule has 12 aromatic carbocycles. The number of fused-ring (bicyclic) bond motifs is 18. The Balaban J connectivity index is 0.000000112. The Kier molecular flexibility index (Phi) is 15.4. The SMILES string of the molecule is CCC1(OC2(CC)c3cc(Br)ccc3-c3ccc(Br)cc32)c2cc(Br)ccc2-c2ccc(Br)cc21.CCC1(OC2(CC)c3ccccc3-c3ccccc32)c2ccccc2-c2ccccc21.c1ccc2c(c1)-c1ccccc1C2OC1c2ccccc2-c2ccccc21. The summed E-state index contributed by atoms with van der Waals surface area (Å²) in [5, 5.41) is 0. The predicted octanol–water partition coefficient (Wildman–Crippen LogP) is 24.9. The maximum absolute atomic E-state index is 7.69. The van der Waals surface area contributed by atoms with Crippen molar-refractivity contribution >= 4 is 63.7 Å². The molecule has 0 aliphatic heterocycles. The highest BCUT2D eigenvalue weighted by atomic mass is 79.9. The van der Waals surface area contributed by atoms with Crippen LogP contribution in [0, 0.1) is 0 Å². The second kappa shape index (κ2) is 23.7. The lowest BCUT2D eigenvalue weighted by atomic mass is 9.83. The first-order valence-electron chi connectivity index (χ1n) is 32.5. The van der Waals surface area contributed by atoms with Gasteiger partial charge in [-0.3, -0.25) is 0 Å². The lowest BCUT2D eigenvalue weighted by Crippen LogP contribution is -2.40. The highest BCUT2D eigenvalue weighted by molar-refractivity contribution is 9.11. The zero-order valence-electron chi connectivity index (χ0n) is 52.1. The van der Waals surface area contributed by atoms with E-state index in [1.165, 1.54) is 134 Å². The van der Waals surface area contributed by atoms with Crippen molar-refractivity contribution in [1.82, 2.24) is 0 Å². The third kappa shape index (κ3) is 9.30. The molecule has 0 spiro atoms. The first-order chi connectivity index (χ1) is 45.5. The summed E-state index contributed by atoms with van der Waals surface area (Å²) in [6, 6.07) is 96.0. The van der Waals surface area contributed by atoms with Gasteiger partial charge in [0.25, 0.3) is 0 Å². The summed E-state index contributed by atoms with van der Waals surface area (Å²) < 4.78 is 26.4. The molecule has 0 radical (unpaired) electrons. The maximum Gasteiger partial charge on any atom is 0.121 e. The molecule has 0 amide bonds. The topological polar surface area (TPSA) is 27.7 Å². The summed E-state index contributed by atoms with van der Waals surface area (Å²) in [4.78, 5) is 0. The quantitative estimate of drug-likeness (QED) is 0.137. The minimum absolute atomic E-state index is 0.0402. The Morgan fingerprint density at radius 3 is 0.667 bits per heavy atom. The van der Waals surface area contributed by atoms with Crippen molar-refractivity contribution in [2.24, 2.45) is 0 Å². The molecule has 0 fully saturated rings. The van der Waals surface area contributed by atoms with E-state index in [0.29, 0.717) is 0 Å². The minimum atomic E-state index is -0.599. The van der Waals surface area contributed by atoms with Crippen molar-refractivity contribution in [2.75, 3.05) is 0 Å². The van der Waals surface area contributed by atoms with E-state index in [0.717, 1.165) is 43.6 Å². The first-order valence-corrected chi connectivity index (χ1v) is 35.7. The van der Waals surface area contributed by atoms with E-state index in [2.05, 4.69) is 358 Å². The minimum Gasteiger partial charge on any atom is -0.356 e. The molecule has 0 atom stereocenters. The summed E-state index contributed by atoms with van der Waals surface area (Å²) in [5.41, 5.74) is 28.2. The van der Waals surface area contributed by atoms with Gasteiger partial charge in [-0.05, 0) is 208 Å². The van der Waals surface area contributed by atoms with Crippen molar-refractivity contribution in [1.29, 1.82) is 0 Å². The molecule has 0 unspecified atom stereocenters. The van der Waals surface area contributed by atoms with Crippen molar-refractivity contribution in [3.8, 4) is 66.8 Å². The van der Waals surface area contributed by atoms with E-state index < -0.39 is 22.4 Å². The largest absolute Gasteiger partial charge is 0.356 e. The van der Waals surface area contributed by atoms with Crippen molar-refractivity contribution in [3.63, 3.8) is 0 Å². The molecule has 7 heteroatoms. The van der Waals surface area contributed by atoms with Gasteiger partial charge in [0.1, 0.15) is 34.6 Å². The van der Waals surface area contributed by atoms with Gasteiger partial charge < -0.3 is 14.2 Å². The number of ether oxygens (including phenoxy) is 3. The molecule has 0 saturated carbocycles. The van der Waals surface area contributed by atoms with Gasteiger partial charge in [-0.25, -0.2) is 0 Å². The monoisotopic (exact) mass is 1460 g/mol. The standard InChI is InChI=1S/C30H22Br4O.C30H26O.C26H18O/c1-3-29(25-13-17(31)5-9-21(25)22-10-6-18(32)14-26(22)29)35-30(4-2)27-15-19(33)7-11-23(27)24-12-8-20(34)16-28(24)30;1-3-29(25-17-9-5-13-21(25)22-14-6-10-18-26(22)29)31-30(4-2)27-19-11-7-15-23(27)24-16-8-12-20-28(24)30;1-5-13-21-17(9-1)18-10-2-6-14-22(18)25(21)27-26-23-15-7-3-11-19(23)20-12-4-8-16-24(20)26/h5-16H,3-4H2,1-2H3;5-20H,3-4H2,1-2H3;1-16,25-26H. The fourth-order valence-electron chi connectivity index (χ4n) is 16.7. The van der Waals surface area contributed by atoms with Gasteiger partial charge in [0.05, 0.1) is 0 Å². The molecular formula is C86H66Br4O3. The van der Waals surface area contributed by atoms with Gasteiger partial charge in [0.15, 0.2) is 0 Å². The van der Waals surface area contributed by atoms with Crippen molar-refractivity contribution in [3.05, 3.63) is 352 Å². The zero-order valence-corrected chi connectivity index (χ0v) is 58.5. The van der Waals surface area contributed by atoms with Crippen LogP contribution in [0.2, 0.25) is 0 Å². The van der Waals surface area contributed by atoms with Gasteiger partial charge in [0.2, 0.25) is 0 Å². The number of hydrogen-bond acceptors (Lipinski definition) is 3. The van der Waals surface area contributed by atoms with Crippen LogP contribution in [-0.4, -0.2) is 0 Å². The molecule has 0 bridgehead atoms. The Morgan fingerprint density at radius 2 is 0.430 bits per heavy atom. The molecule has 93 heavy (non-hydrogen) atoms. The average molecular weight is 1470 g/mol. The van der Waals surface area contributed by atoms with Crippen LogP contribution in [0.4, 0.5) is 0 Å². The van der Waals surface area contributed by atoms with E-state index in [1.807, 2.05) is 0 Å². The third-order valence-electron chi connectivity index (χ3n) is 20.8.